The highest BCUT2D eigenvalue weighted by molar-refractivity contribution is 5.45. The van der Waals surface area contributed by atoms with E-state index in [0.29, 0.717) is 5.92 Å². The quantitative estimate of drug-likeness (QED) is 0.767. The van der Waals surface area contributed by atoms with Crippen LogP contribution in [0.25, 0.3) is 0 Å². The van der Waals surface area contributed by atoms with Gasteiger partial charge >= 0.3 is 0 Å². The molecule has 1 unspecified atom stereocenters. The highest BCUT2D eigenvalue weighted by Crippen LogP contribution is 2.25. The summed E-state index contributed by atoms with van der Waals surface area (Å²) in [5.41, 5.74) is 2.74. The van der Waals surface area contributed by atoms with Crippen LogP contribution in [-0.4, -0.2) is 6.54 Å². The topological polar surface area (TPSA) is 12.0 Å². The van der Waals surface area contributed by atoms with Crippen LogP contribution in [0.4, 0.5) is 5.69 Å². The molecule has 0 amide bonds. The number of anilines is 1. The van der Waals surface area contributed by atoms with Crippen LogP contribution in [0.1, 0.15) is 57.4 Å². The molecule has 1 fully saturated rings. The summed E-state index contributed by atoms with van der Waals surface area (Å²) in [5, 5.41) is 3.57. The van der Waals surface area contributed by atoms with E-state index in [-0.39, 0.29) is 0 Å². The first kappa shape index (κ1) is 12.5. The third-order valence-corrected chi connectivity index (χ3v) is 4.16. The number of hydrogen-bond acceptors (Lipinski definition) is 1. The molecule has 0 aromatic heterocycles. The summed E-state index contributed by atoms with van der Waals surface area (Å²) in [6.07, 6.45) is 6.91. The van der Waals surface area contributed by atoms with E-state index >= 15 is 0 Å². The Hall–Kier alpha value is -0.980. The second-order valence-electron chi connectivity index (χ2n) is 5.46. The Bertz CT molecular complexity index is 322. The highest BCUT2D eigenvalue weighted by atomic mass is 14.9. The number of rotatable bonds is 5. The molecule has 94 valence electrons. The van der Waals surface area contributed by atoms with Gasteiger partial charge in [-0.1, -0.05) is 38.8 Å². The summed E-state index contributed by atoms with van der Waals surface area (Å²) in [6, 6.07) is 9.00. The molecular formula is C16H25N. The Morgan fingerprint density at radius 2 is 1.82 bits per heavy atom. The highest BCUT2D eigenvalue weighted by Gasteiger charge is 2.14. The molecule has 0 radical (unpaired) electrons. The van der Waals surface area contributed by atoms with Gasteiger partial charge in [0.15, 0.2) is 0 Å². The molecule has 0 bridgehead atoms. The van der Waals surface area contributed by atoms with E-state index < -0.39 is 0 Å². The molecule has 0 aliphatic heterocycles. The molecule has 1 nitrogen and oxygen atoms in total. The third kappa shape index (κ3) is 3.49. The summed E-state index contributed by atoms with van der Waals surface area (Å²) in [5.74, 6) is 1.59. The second kappa shape index (κ2) is 6.09. The van der Waals surface area contributed by atoms with Crippen molar-refractivity contribution in [2.45, 2.75) is 51.9 Å². The first-order valence-electron chi connectivity index (χ1n) is 7.13. The average Bonchev–Trinajstić information content (AvgIpc) is 2.89. The van der Waals surface area contributed by atoms with Crippen LogP contribution in [0.5, 0.6) is 0 Å². The van der Waals surface area contributed by atoms with Gasteiger partial charge in [-0.3, -0.25) is 0 Å². The average molecular weight is 231 g/mol. The number of benzene rings is 1. The van der Waals surface area contributed by atoms with Gasteiger partial charge in [0.1, 0.15) is 0 Å². The zero-order valence-electron chi connectivity index (χ0n) is 11.2. The summed E-state index contributed by atoms with van der Waals surface area (Å²) in [6.45, 7) is 5.70. The molecule has 0 spiro atoms. The van der Waals surface area contributed by atoms with E-state index in [2.05, 4.69) is 43.4 Å². The predicted octanol–water partition coefficient (Wildman–Crippen LogP) is 4.80. The Labute approximate surface area is 106 Å². The first-order valence-corrected chi connectivity index (χ1v) is 7.13. The maximum atomic E-state index is 3.57. The molecule has 1 aliphatic rings. The summed E-state index contributed by atoms with van der Waals surface area (Å²) >= 11 is 0. The minimum absolute atomic E-state index is 0.680. The van der Waals surface area contributed by atoms with Crippen LogP contribution < -0.4 is 5.32 Å². The van der Waals surface area contributed by atoms with Crippen LogP contribution in [0.3, 0.4) is 0 Å². The van der Waals surface area contributed by atoms with Crippen molar-refractivity contribution in [2.24, 2.45) is 5.92 Å². The van der Waals surface area contributed by atoms with Crippen LogP contribution in [-0.2, 0) is 0 Å². The van der Waals surface area contributed by atoms with Gasteiger partial charge in [0.25, 0.3) is 0 Å². The summed E-state index contributed by atoms with van der Waals surface area (Å²) < 4.78 is 0. The molecule has 1 heteroatoms. The largest absolute Gasteiger partial charge is 0.385 e. The molecular weight excluding hydrogens is 206 g/mol. The number of nitrogens with one attached hydrogen (secondary N) is 1. The lowest BCUT2D eigenvalue weighted by atomic mass is 9.98. The van der Waals surface area contributed by atoms with Gasteiger partial charge in [-0.25, -0.2) is 0 Å². The smallest absolute Gasteiger partial charge is 0.0340 e. The molecule has 1 atom stereocenters. The van der Waals surface area contributed by atoms with Crippen molar-refractivity contribution in [1.29, 1.82) is 0 Å². The monoisotopic (exact) mass is 231 g/mol. The van der Waals surface area contributed by atoms with Gasteiger partial charge < -0.3 is 5.32 Å². The molecule has 1 saturated carbocycles. The van der Waals surface area contributed by atoms with E-state index in [1.165, 1.54) is 43.4 Å². The molecule has 2 rings (SSSR count). The predicted molar refractivity (Wildman–Crippen MR) is 75.6 cm³/mol. The van der Waals surface area contributed by atoms with Gasteiger partial charge in [-0.2, -0.15) is 0 Å². The Morgan fingerprint density at radius 1 is 1.18 bits per heavy atom. The van der Waals surface area contributed by atoms with Crippen molar-refractivity contribution in [3.8, 4) is 0 Å². The van der Waals surface area contributed by atoms with Crippen LogP contribution >= 0.6 is 0 Å². The molecule has 1 N–H and O–H groups in total. The third-order valence-electron chi connectivity index (χ3n) is 4.16. The minimum atomic E-state index is 0.680. The van der Waals surface area contributed by atoms with Gasteiger partial charge in [-0.05, 0) is 48.8 Å². The lowest BCUT2D eigenvalue weighted by Gasteiger charge is -2.13. The van der Waals surface area contributed by atoms with Crippen molar-refractivity contribution in [1.82, 2.24) is 0 Å². The van der Waals surface area contributed by atoms with Crippen LogP contribution in [0.15, 0.2) is 24.3 Å². The van der Waals surface area contributed by atoms with Crippen molar-refractivity contribution in [3.05, 3.63) is 29.8 Å². The molecule has 17 heavy (non-hydrogen) atoms. The Balaban J connectivity index is 1.84. The van der Waals surface area contributed by atoms with Gasteiger partial charge in [0, 0.05) is 12.2 Å². The zero-order valence-corrected chi connectivity index (χ0v) is 11.2. The summed E-state index contributed by atoms with van der Waals surface area (Å²) in [4.78, 5) is 0. The normalized spacial score (nSPS) is 18.2. The molecule has 0 heterocycles. The summed E-state index contributed by atoms with van der Waals surface area (Å²) in [7, 11) is 0. The van der Waals surface area contributed by atoms with Crippen molar-refractivity contribution in [2.75, 3.05) is 11.9 Å². The SMILES string of the molecule is CCC(C)c1ccc(NCC2CCCC2)cc1. The Morgan fingerprint density at radius 3 is 2.41 bits per heavy atom. The molecule has 0 saturated heterocycles. The van der Waals surface area contributed by atoms with Crippen molar-refractivity contribution in [3.63, 3.8) is 0 Å². The van der Waals surface area contributed by atoms with E-state index in [9.17, 15) is 0 Å². The van der Waals surface area contributed by atoms with Crippen molar-refractivity contribution >= 4 is 5.69 Å². The van der Waals surface area contributed by atoms with Crippen molar-refractivity contribution < 1.29 is 0 Å². The maximum absolute atomic E-state index is 3.57. The number of hydrogen-bond donors (Lipinski definition) is 1. The van der Waals surface area contributed by atoms with Gasteiger partial charge in [0.05, 0.1) is 0 Å². The lowest BCUT2D eigenvalue weighted by molar-refractivity contribution is 0.580. The van der Waals surface area contributed by atoms with Crippen LogP contribution in [0.2, 0.25) is 0 Å². The molecule has 1 aliphatic carbocycles. The molecule has 1 aromatic rings. The fraction of sp³-hybridized carbons (Fsp3) is 0.625. The second-order valence-corrected chi connectivity index (χ2v) is 5.46. The van der Waals surface area contributed by atoms with E-state index in [4.69, 9.17) is 0 Å². The lowest BCUT2D eigenvalue weighted by Crippen LogP contribution is -2.10. The fourth-order valence-electron chi connectivity index (χ4n) is 2.64. The first-order chi connectivity index (χ1) is 8.29. The zero-order chi connectivity index (χ0) is 12.1. The molecule has 1 aromatic carbocycles. The minimum Gasteiger partial charge on any atom is -0.385 e. The van der Waals surface area contributed by atoms with Gasteiger partial charge in [0.2, 0.25) is 0 Å². The van der Waals surface area contributed by atoms with Gasteiger partial charge in [-0.15, -0.1) is 0 Å². The van der Waals surface area contributed by atoms with E-state index in [1.807, 2.05) is 0 Å². The Kier molecular flexibility index (Phi) is 4.47. The van der Waals surface area contributed by atoms with E-state index in [0.717, 1.165) is 12.5 Å². The fourth-order valence-corrected chi connectivity index (χ4v) is 2.64. The standard InChI is InChI=1S/C16H25N/c1-3-13(2)15-8-10-16(11-9-15)17-12-14-6-4-5-7-14/h8-11,13-14,17H,3-7,12H2,1-2H3. The maximum Gasteiger partial charge on any atom is 0.0340 e. The van der Waals surface area contributed by atoms with Crippen LogP contribution in [0, 0.1) is 5.92 Å². The van der Waals surface area contributed by atoms with E-state index in [1.54, 1.807) is 0 Å².